The average Bonchev–Trinajstić information content (AvgIpc) is 2.43. The number of nitrogens with zero attached hydrogens (tertiary/aromatic N) is 1. The first-order chi connectivity index (χ1) is 9.93. The van der Waals surface area contributed by atoms with E-state index in [1.807, 2.05) is 19.1 Å². The fraction of sp³-hybridized carbons (Fsp3) is 0.500. The maximum atomic E-state index is 12.6. The minimum absolute atomic E-state index is 0.00278. The smallest absolute Gasteiger partial charge is 0.253 e. The number of benzene rings is 1. The van der Waals surface area contributed by atoms with Crippen molar-refractivity contribution in [2.45, 2.75) is 27.2 Å². The van der Waals surface area contributed by atoms with E-state index in [1.165, 1.54) is 0 Å². The van der Waals surface area contributed by atoms with Gasteiger partial charge in [-0.25, -0.2) is 0 Å². The molecule has 1 aromatic rings. The summed E-state index contributed by atoms with van der Waals surface area (Å²) in [6.45, 7) is 7.95. The van der Waals surface area contributed by atoms with Gasteiger partial charge in [0.05, 0.1) is 11.6 Å². The Kier molecular flexibility index (Phi) is 7.15. The Morgan fingerprint density at radius 2 is 1.95 bits per heavy atom. The van der Waals surface area contributed by atoms with Crippen molar-refractivity contribution < 1.29 is 9.53 Å². The highest BCUT2D eigenvalue weighted by molar-refractivity contribution is 7.80. The Balaban J connectivity index is 2.80. The monoisotopic (exact) mass is 308 g/mol. The van der Waals surface area contributed by atoms with Crippen molar-refractivity contribution in [3.05, 3.63) is 29.8 Å². The first-order valence-electron chi connectivity index (χ1n) is 7.24. The summed E-state index contributed by atoms with van der Waals surface area (Å²) in [4.78, 5) is 14.8. The van der Waals surface area contributed by atoms with E-state index in [-0.39, 0.29) is 5.91 Å². The van der Waals surface area contributed by atoms with Crippen LogP contribution in [-0.4, -0.2) is 35.5 Å². The van der Waals surface area contributed by atoms with Gasteiger partial charge in [0.1, 0.15) is 5.75 Å². The molecule has 0 aromatic heterocycles. The number of ether oxygens (including phenoxy) is 1. The van der Waals surface area contributed by atoms with Gasteiger partial charge in [0, 0.05) is 25.1 Å². The molecule has 1 rings (SSSR count). The maximum Gasteiger partial charge on any atom is 0.253 e. The number of carbonyl (C=O) groups excluding carboxylic acids is 1. The van der Waals surface area contributed by atoms with Crippen molar-refractivity contribution >= 4 is 23.1 Å². The molecule has 0 spiro atoms. The molecule has 0 saturated heterocycles. The van der Waals surface area contributed by atoms with Crippen molar-refractivity contribution in [2.75, 3.05) is 19.7 Å². The fourth-order valence-corrected chi connectivity index (χ4v) is 2.10. The zero-order chi connectivity index (χ0) is 15.8. The molecule has 2 N–H and O–H groups in total. The minimum Gasteiger partial charge on any atom is -0.494 e. The molecule has 0 fully saturated rings. The van der Waals surface area contributed by atoms with Gasteiger partial charge in [-0.05, 0) is 37.1 Å². The Morgan fingerprint density at radius 3 is 2.43 bits per heavy atom. The highest BCUT2D eigenvalue weighted by Crippen LogP contribution is 2.14. The molecule has 0 atom stereocenters. The number of hydrogen-bond acceptors (Lipinski definition) is 3. The van der Waals surface area contributed by atoms with Crippen molar-refractivity contribution in [3.63, 3.8) is 0 Å². The molecule has 0 aliphatic carbocycles. The predicted molar refractivity (Wildman–Crippen MR) is 89.8 cm³/mol. The third-order valence-corrected chi connectivity index (χ3v) is 3.12. The molecule has 0 aliphatic heterocycles. The first kappa shape index (κ1) is 17.4. The molecular weight excluding hydrogens is 284 g/mol. The summed E-state index contributed by atoms with van der Waals surface area (Å²) in [6.07, 6.45) is 0.546. The Bertz CT molecular complexity index is 472. The molecule has 1 amide bonds. The molecule has 5 heteroatoms. The molecule has 0 radical (unpaired) electrons. The summed E-state index contributed by atoms with van der Waals surface area (Å²) >= 11 is 4.90. The summed E-state index contributed by atoms with van der Waals surface area (Å²) in [7, 11) is 0. The zero-order valence-electron chi connectivity index (χ0n) is 13.0. The van der Waals surface area contributed by atoms with Crippen molar-refractivity contribution in [2.24, 2.45) is 11.7 Å². The van der Waals surface area contributed by atoms with Crippen LogP contribution in [0.2, 0.25) is 0 Å². The van der Waals surface area contributed by atoms with E-state index in [2.05, 4.69) is 13.8 Å². The fourth-order valence-electron chi connectivity index (χ4n) is 2.00. The van der Waals surface area contributed by atoms with Crippen molar-refractivity contribution in [3.8, 4) is 5.75 Å². The highest BCUT2D eigenvalue weighted by atomic mass is 32.1. The van der Waals surface area contributed by atoms with E-state index < -0.39 is 0 Å². The average molecular weight is 308 g/mol. The number of rotatable bonds is 8. The largest absolute Gasteiger partial charge is 0.494 e. The van der Waals surface area contributed by atoms with Gasteiger partial charge >= 0.3 is 0 Å². The lowest BCUT2D eigenvalue weighted by atomic mass is 10.1. The standard InChI is InChI=1S/C16H24N2O2S/c1-4-20-14-7-5-13(6-8-14)16(19)18(11-12(2)3)10-9-15(17)21/h5-8,12H,4,9-11H2,1-3H3,(H2,17,21). The molecule has 21 heavy (non-hydrogen) atoms. The van der Waals surface area contributed by atoms with Crippen LogP contribution in [0.25, 0.3) is 0 Å². The summed E-state index contributed by atoms with van der Waals surface area (Å²) < 4.78 is 5.39. The van der Waals surface area contributed by atoms with Crippen LogP contribution < -0.4 is 10.5 Å². The van der Waals surface area contributed by atoms with Gasteiger partial charge in [-0.3, -0.25) is 4.79 Å². The van der Waals surface area contributed by atoms with Crippen LogP contribution in [0.5, 0.6) is 5.75 Å². The molecule has 0 unspecified atom stereocenters. The molecule has 116 valence electrons. The lowest BCUT2D eigenvalue weighted by Crippen LogP contribution is -2.36. The highest BCUT2D eigenvalue weighted by Gasteiger charge is 2.17. The number of amides is 1. The summed E-state index contributed by atoms with van der Waals surface area (Å²) in [5.41, 5.74) is 6.20. The van der Waals surface area contributed by atoms with Gasteiger partial charge in [-0.1, -0.05) is 26.1 Å². The normalized spacial score (nSPS) is 10.5. The van der Waals surface area contributed by atoms with Crippen LogP contribution in [0.15, 0.2) is 24.3 Å². The second-order valence-corrected chi connectivity index (χ2v) is 5.84. The third-order valence-electron chi connectivity index (χ3n) is 2.91. The van der Waals surface area contributed by atoms with Crippen LogP contribution >= 0.6 is 12.2 Å². The molecular formula is C16H24N2O2S. The van der Waals surface area contributed by atoms with Crippen LogP contribution in [-0.2, 0) is 0 Å². The van der Waals surface area contributed by atoms with Crippen LogP contribution in [0.3, 0.4) is 0 Å². The van der Waals surface area contributed by atoms with E-state index >= 15 is 0 Å². The predicted octanol–water partition coefficient (Wildman–Crippen LogP) is 2.86. The molecule has 0 saturated carbocycles. The summed E-state index contributed by atoms with van der Waals surface area (Å²) in [6, 6.07) is 7.22. The van der Waals surface area contributed by atoms with E-state index in [9.17, 15) is 4.79 Å². The van der Waals surface area contributed by atoms with Crippen molar-refractivity contribution in [1.29, 1.82) is 0 Å². The van der Waals surface area contributed by atoms with Crippen LogP contribution in [0.1, 0.15) is 37.6 Å². The SMILES string of the molecule is CCOc1ccc(C(=O)N(CCC(N)=S)CC(C)C)cc1. The number of thiocarbonyl (C=S) groups is 1. The van der Waals surface area contributed by atoms with Gasteiger partial charge in [0.25, 0.3) is 5.91 Å². The molecule has 0 aliphatic rings. The van der Waals surface area contributed by atoms with Gasteiger partial charge in [0.15, 0.2) is 0 Å². The zero-order valence-corrected chi connectivity index (χ0v) is 13.8. The lowest BCUT2D eigenvalue weighted by molar-refractivity contribution is 0.0741. The maximum absolute atomic E-state index is 12.6. The van der Waals surface area contributed by atoms with E-state index in [0.717, 1.165) is 5.75 Å². The number of carbonyl (C=O) groups is 1. The minimum atomic E-state index is 0.00278. The summed E-state index contributed by atoms with van der Waals surface area (Å²) in [5, 5.41) is 0. The third kappa shape index (κ3) is 6.12. The van der Waals surface area contributed by atoms with Gasteiger partial charge in [0.2, 0.25) is 0 Å². The van der Waals surface area contributed by atoms with Crippen LogP contribution in [0.4, 0.5) is 0 Å². The molecule has 0 bridgehead atoms. The molecule has 0 heterocycles. The number of hydrogen-bond donors (Lipinski definition) is 1. The Hall–Kier alpha value is -1.62. The topological polar surface area (TPSA) is 55.6 Å². The quantitative estimate of drug-likeness (QED) is 0.750. The number of nitrogens with two attached hydrogens (primary N) is 1. The first-order valence-corrected chi connectivity index (χ1v) is 7.65. The van der Waals surface area contributed by atoms with Gasteiger partial charge in [-0.15, -0.1) is 0 Å². The Labute approximate surface area is 132 Å². The second kappa shape index (κ2) is 8.62. The summed E-state index contributed by atoms with van der Waals surface area (Å²) in [5.74, 6) is 1.17. The van der Waals surface area contributed by atoms with Gasteiger partial charge < -0.3 is 15.4 Å². The van der Waals surface area contributed by atoms with E-state index in [0.29, 0.717) is 42.6 Å². The second-order valence-electron chi connectivity index (χ2n) is 5.32. The van der Waals surface area contributed by atoms with Crippen molar-refractivity contribution in [1.82, 2.24) is 4.90 Å². The lowest BCUT2D eigenvalue weighted by Gasteiger charge is -2.24. The van der Waals surface area contributed by atoms with E-state index in [1.54, 1.807) is 17.0 Å². The molecule has 1 aromatic carbocycles. The molecule has 4 nitrogen and oxygen atoms in total. The van der Waals surface area contributed by atoms with Crippen LogP contribution in [0, 0.1) is 5.92 Å². The van der Waals surface area contributed by atoms with E-state index in [4.69, 9.17) is 22.7 Å². The van der Waals surface area contributed by atoms with Gasteiger partial charge in [-0.2, -0.15) is 0 Å². The Morgan fingerprint density at radius 1 is 1.33 bits per heavy atom.